The summed E-state index contributed by atoms with van der Waals surface area (Å²) in [7, 11) is 0. The molecule has 1 nitrogen and oxygen atoms in total. The highest BCUT2D eigenvalue weighted by Gasteiger charge is 1.99. The van der Waals surface area contributed by atoms with Gasteiger partial charge in [-0.25, -0.2) is 0 Å². The molecule has 2 N–H and O–H groups in total. The highest BCUT2D eigenvalue weighted by atomic mass is 14.5. The van der Waals surface area contributed by atoms with Crippen LogP contribution in [0.4, 0.5) is 0 Å². The van der Waals surface area contributed by atoms with E-state index in [1.54, 1.807) is 0 Å². The Morgan fingerprint density at radius 2 is 1.67 bits per heavy atom. The smallest absolute Gasteiger partial charge is 0.00772 e. The zero-order chi connectivity index (χ0) is 10.5. The van der Waals surface area contributed by atoms with E-state index in [0.717, 1.165) is 19.4 Å². The van der Waals surface area contributed by atoms with Gasteiger partial charge in [0.05, 0.1) is 0 Å². The van der Waals surface area contributed by atoms with Gasteiger partial charge in [0.25, 0.3) is 0 Å². The van der Waals surface area contributed by atoms with Crippen LogP contribution in [0.5, 0.6) is 0 Å². The zero-order valence-electron chi connectivity index (χ0n) is 8.95. The lowest BCUT2D eigenvalue weighted by atomic mass is 10.0. The Morgan fingerprint density at radius 1 is 0.867 bits per heavy atom. The molecule has 0 radical (unpaired) electrons. The van der Waals surface area contributed by atoms with Crippen LogP contribution >= 0.6 is 0 Å². The molecule has 0 bridgehead atoms. The predicted octanol–water partition coefficient (Wildman–Crippen LogP) is 3.12. The Bertz CT molecular complexity index is 429. The van der Waals surface area contributed by atoms with Gasteiger partial charge in [-0.2, -0.15) is 0 Å². The number of nitrogens with two attached hydrogens (primary N) is 1. The first-order valence-corrected chi connectivity index (χ1v) is 5.58. The second-order valence-electron chi connectivity index (χ2n) is 3.88. The minimum atomic E-state index is 0.796. The number of hydrogen-bond donors (Lipinski definition) is 1. The number of aryl methyl sites for hydroxylation is 1. The van der Waals surface area contributed by atoms with Crippen LogP contribution in [0.25, 0.3) is 10.8 Å². The van der Waals surface area contributed by atoms with Crippen molar-refractivity contribution in [2.24, 2.45) is 5.73 Å². The lowest BCUT2D eigenvalue weighted by molar-refractivity contribution is 0.747. The van der Waals surface area contributed by atoms with Gasteiger partial charge in [0, 0.05) is 0 Å². The predicted molar refractivity (Wildman–Crippen MR) is 65.9 cm³/mol. The molecule has 0 atom stereocenters. The number of fused-ring (bicyclic) bond motifs is 1. The quantitative estimate of drug-likeness (QED) is 0.752. The Balaban J connectivity index is 2.26. The van der Waals surface area contributed by atoms with Gasteiger partial charge in [0.1, 0.15) is 0 Å². The summed E-state index contributed by atoms with van der Waals surface area (Å²) in [5.41, 5.74) is 6.95. The second-order valence-corrected chi connectivity index (χ2v) is 3.88. The first-order valence-electron chi connectivity index (χ1n) is 5.58. The molecule has 0 aliphatic carbocycles. The van der Waals surface area contributed by atoms with E-state index in [9.17, 15) is 0 Å². The normalized spacial score (nSPS) is 10.7. The van der Waals surface area contributed by atoms with Crippen LogP contribution in [0.15, 0.2) is 42.5 Å². The number of benzene rings is 2. The van der Waals surface area contributed by atoms with Crippen molar-refractivity contribution in [3.63, 3.8) is 0 Å². The van der Waals surface area contributed by atoms with Gasteiger partial charge < -0.3 is 5.73 Å². The van der Waals surface area contributed by atoms with Gasteiger partial charge in [0.2, 0.25) is 0 Å². The Kier molecular flexibility index (Phi) is 3.36. The Hall–Kier alpha value is -1.34. The van der Waals surface area contributed by atoms with Crippen LogP contribution < -0.4 is 5.73 Å². The molecule has 0 aliphatic rings. The van der Waals surface area contributed by atoms with Crippen LogP contribution in [0.1, 0.15) is 18.4 Å². The van der Waals surface area contributed by atoms with Crippen molar-refractivity contribution in [2.45, 2.75) is 19.3 Å². The summed E-state index contributed by atoms with van der Waals surface area (Å²) < 4.78 is 0. The highest BCUT2D eigenvalue weighted by Crippen LogP contribution is 2.19. The maximum absolute atomic E-state index is 5.51. The van der Waals surface area contributed by atoms with E-state index < -0.39 is 0 Å². The molecule has 0 saturated carbocycles. The van der Waals surface area contributed by atoms with Crippen LogP contribution in [0, 0.1) is 0 Å². The zero-order valence-corrected chi connectivity index (χ0v) is 8.95. The fourth-order valence-corrected chi connectivity index (χ4v) is 1.97. The Labute approximate surface area is 90.9 Å². The van der Waals surface area contributed by atoms with E-state index in [1.807, 2.05) is 0 Å². The monoisotopic (exact) mass is 199 g/mol. The topological polar surface area (TPSA) is 26.0 Å². The molecule has 2 aromatic rings. The third-order valence-electron chi connectivity index (χ3n) is 2.78. The molecule has 78 valence electrons. The minimum Gasteiger partial charge on any atom is -0.330 e. The molecule has 0 aromatic heterocycles. The van der Waals surface area contributed by atoms with Gasteiger partial charge >= 0.3 is 0 Å². The third-order valence-corrected chi connectivity index (χ3v) is 2.78. The van der Waals surface area contributed by atoms with Crippen molar-refractivity contribution in [3.05, 3.63) is 48.0 Å². The summed E-state index contributed by atoms with van der Waals surface area (Å²) in [6, 6.07) is 15.1. The van der Waals surface area contributed by atoms with Gasteiger partial charge in [-0.05, 0) is 42.1 Å². The molecule has 1 heteroatoms. The molecule has 0 spiro atoms. The number of unbranched alkanes of at least 4 members (excludes halogenated alkanes) is 1. The van der Waals surface area contributed by atoms with Crippen molar-refractivity contribution in [1.29, 1.82) is 0 Å². The van der Waals surface area contributed by atoms with Crippen molar-refractivity contribution >= 4 is 10.8 Å². The van der Waals surface area contributed by atoms with Crippen LogP contribution in [-0.2, 0) is 6.42 Å². The van der Waals surface area contributed by atoms with E-state index in [0.29, 0.717) is 0 Å². The highest BCUT2D eigenvalue weighted by molar-refractivity contribution is 5.85. The first kappa shape index (κ1) is 10.2. The molecule has 0 amide bonds. The SMILES string of the molecule is NCCCCc1cccc2ccccc12. The van der Waals surface area contributed by atoms with Gasteiger partial charge in [-0.3, -0.25) is 0 Å². The van der Waals surface area contributed by atoms with Crippen LogP contribution in [0.3, 0.4) is 0 Å². The second kappa shape index (κ2) is 4.94. The summed E-state index contributed by atoms with van der Waals surface area (Å²) in [5.74, 6) is 0. The molecular formula is C14H17N. The van der Waals surface area contributed by atoms with Gasteiger partial charge in [-0.15, -0.1) is 0 Å². The molecule has 0 heterocycles. The van der Waals surface area contributed by atoms with Crippen molar-refractivity contribution in [3.8, 4) is 0 Å². The standard InChI is InChI=1S/C14H17N/c15-11-4-3-7-13-9-5-8-12-6-1-2-10-14(12)13/h1-2,5-6,8-10H,3-4,7,11,15H2. The average Bonchev–Trinajstić information content (AvgIpc) is 2.30. The summed E-state index contributed by atoms with van der Waals surface area (Å²) in [4.78, 5) is 0. The van der Waals surface area contributed by atoms with Crippen molar-refractivity contribution < 1.29 is 0 Å². The third kappa shape index (κ3) is 2.37. The molecule has 2 rings (SSSR count). The van der Waals surface area contributed by atoms with Gasteiger partial charge in [-0.1, -0.05) is 42.5 Å². The van der Waals surface area contributed by atoms with E-state index in [2.05, 4.69) is 42.5 Å². The summed E-state index contributed by atoms with van der Waals surface area (Å²) in [6.45, 7) is 0.796. The molecule has 0 saturated heterocycles. The maximum atomic E-state index is 5.51. The summed E-state index contributed by atoms with van der Waals surface area (Å²) in [6.07, 6.45) is 3.44. The minimum absolute atomic E-state index is 0.796. The first-order chi connectivity index (χ1) is 7.42. The lowest BCUT2D eigenvalue weighted by Gasteiger charge is -2.05. The number of rotatable bonds is 4. The summed E-state index contributed by atoms with van der Waals surface area (Å²) in [5, 5.41) is 2.72. The molecule has 15 heavy (non-hydrogen) atoms. The largest absolute Gasteiger partial charge is 0.330 e. The van der Waals surface area contributed by atoms with E-state index in [-0.39, 0.29) is 0 Å². The molecule has 0 unspecified atom stereocenters. The fourth-order valence-electron chi connectivity index (χ4n) is 1.97. The fraction of sp³-hybridized carbons (Fsp3) is 0.286. The lowest BCUT2D eigenvalue weighted by Crippen LogP contribution is -1.99. The van der Waals surface area contributed by atoms with E-state index in [1.165, 1.54) is 22.8 Å². The Morgan fingerprint density at radius 3 is 2.53 bits per heavy atom. The molecule has 0 fully saturated rings. The van der Waals surface area contributed by atoms with Crippen molar-refractivity contribution in [1.82, 2.24) is 0 Å². The van der Waals surface area contributed by atoms with Crippen LogP contribution in [-0.4, -0.2) is 6.54 Å². The molecule has 2 aromatic carbocycles. The number of hydrogen-bond acceptors (Lipinski definition) is 1. The van der Waals surface area contributed by atoms with E-state index in [4.69, 9.17) is 5.73 Å². The maximum Gasteiger partial charge on any atom is -0.00772 e. The van der Waals surface area contributed by atoms with Gasteiger partial charge in [0.15, 0.2) is 0 Å². The molecule has 0 aliphatic heterocycles. The molecular weight excluding hydrogens is 182 g/mol. The average molecular weight is 199 g/mol. The van der Waals surface area contributed by atoms with E-state index >= 15 is 0 Å². The van der Waals surface area contributed by atoms with Crippen molar-refractivity contribution in [2.75, 3.05) is 6.54 Å². The van der Waals surface area contributed by atoms with Crippen LogP contribution in [0.2, 0.25) is 0 Å². The summed E-state index contributed by atoms with van der Waals surface area (Å²) >= 11 is 0.